The maximum Gasteiger partial charge on any atom is 0.257 e. The Labute approximate surface area is 148 Å². The fraction of sp³-hybridized carbons (Fsp3) is 0.625. The lowest BCUT2D eigenvalue weighted by Gasteiger charge is -2.35. The summed E-state index contributed by atoms with van der Waals surface area (Å²) in [5, 5.41) is 0. The van der Waals surface area contributed by atoms with E-state index in [0.717, 1.165) is 0 Å². The van der Waals surface area contributed by atoms with Crippen molar-refractivity contribution in [3.05, 3.63) is 23.9 Å². The summed E-state index contributed by atoms with van der Waals surface area (Å²) < 4.78 is 30.7. The van der Waals surface area contributed by atoms with Crippen molar-refractivity contribution >= 4 is 21.7 Å². The Morgan fingerprint density at radius 2 is 1.84 bits per heavy atom. The Hall–Kier alpha value is -1.71. The number of nitrogens with zero attached hydrogens (tertiary/aromatic N) is 4. The molecule has 0 atom stereocenters. The van der Waals surface area contributed by atoms with Crippen molar-refractivity contribution in [3.8, 4) is 0 Å². The predicted octanol–water partition coefficient (Wildman–Crippen LogP) is 0.0257. The van der Waals surface area contributed by atoms with Crippen molar-refractivity contribution in [2.45, 2.75) is 6.92 Å². The maximum atomic E-state index is 12.9. The third kappa shape index (κ3) is 3.94. The summed E-state index contributed by atoms with van der Waals surface area (Å²) >= 11 is 0. The van der Waals surface area contributed by atoms with Crippen LogP contribution in [0.3, 0.4) is 0 Å². The molecule has 2 saturated heterocycles. The average Bonchev–Trinajstić information content (AvgIpc) is 2.68. The second-order valence-electron chi connectivity index (χ2n) is 6.07. The number of aromatic nitrogens is 1. The largest absolute Gasteiger partial charge is 0.378 e. The molecule has 2 aliphatic rings. The molecule has 25 heavy (non-hydrogen) atoms. The molecule has 0 aromatic carbocycles. The van der Waals surface area contributed by atoms with Gasteiger partial charge in [0, 0.05) is 45.5 Å². The SMILES string of the molecule is CCS(=O)(=O)N1CCN(C(=O)c2cccnc2N2CCOCC2)CC1. The Balaban J connectivity index is 1.72. The fourth-order valence-corrected chi connectivity index (χ4v) is 4.20. The predicted molar refractivity (Wildman–Crippen MR) is 94.2 cm³/mol. The topological polar surface area (TPSA) is 83.1 Å². The van der Waals surface area contributed by atoms with E-state index in [2.05, 4.69) is 9.88 Å². The number of carbonyl (C=O) groups excluding carboxylic acids is 1. The van der Waals surface area contributed by atoms with Gasteiger partial charge < -0.3 is 14.5 Å². The Kier molecular flexibility index (Phi) is 5.55. The van der Waals surface area contributed by atoms with E-state index in [4.69, 9.17) is 4.74 Å². The molecule has 0 aliphatic carbocycles. The lowest BCUT2D eigenvalue weighted by molar-refractivity contribution is 0.0697. The molecule has 3 rings (SSSR count). The van der Waals surface area contributed by atoms with Gasteiger partial charge in [-0.3, -0.25) is 4.79 Å². The normalized spacial score (nSPS) is 19.9. The van der Waals surface area contributed by atoms with Gasteiger partial charge in [0.25, 0.3) is 5.91 Å². The molecular formula is C16H24N4O4S. The summed E-state index contributed by atoms with van der Waals surface area (Å²) in [6.45, 7) is 5.78. The molecule has 1 aromatic heterocycles. The number of hydrogen-bond donors (Lipinski definition) is 0. The molecule has 2 aliphatic heterocycles. The zero-order valence-electron chi connectivity index (χ0n) is 14.4. The number of pyridine rings is 1. The van der Waals surface area contributed by atoms with E-state index in [1.165, 1.54) is 4.31 Å². The molecule has 0 radical (unpaired) electrons. The molecule has 8 nitrogen and oxygen atoms in total. The van der Waals surface area contributed by atoms with E-state index in [1.807, 2.05) is 0 Å². The smallest absolute Gasteiger partial charge is 0.257 e. The molecule has 3 heterocycles. The molecule has 1 amide bonds. The van der Waals surface area contributed by atoms with Gasteiger partial charge >= 0.3 is 0 Å². The minimum Gasteiger partial charge on any atom is -0.378 e. The summed E-state index contributed by atoms with van der Waals surface area (Å²) in [5.74, 6) is 0.674. The molecule has 0 saturated carbocycles. The Morgan fingerprint density at radius 3 is 2.48 bits per heavy atom. The molecule has 9 heteroatoms. The second-order valence-corrected chi connectivity index (χ2v) is 8.32. The maximum absolute atomic E-state index is 12.9. The van der Waals surface area contributed by atoms with Gasteiger partial charge in [-0.25, -0.2) is 13.4 Å². The van der Waals surface area contributed by atoms with Crippen LogP contribution in [0.2, 0.25) is 0 Å². The highest BCUT2D eigenvalue weighted by Crippen LogP contribution is 2.21. The monoisotopic (exact) mass is 368 g/mol. The summed E-state index contributed by atoms with van der Waals surface area (Å²) in [6, 6.07) is 3.55. The molecule has 0 unspecified atom stereocenters. The fourth-order valence-electron chi connectivity index (χ4n) is 3.11. The van der Waals surface area contributed by atoms with Crippen LogP contribution in [-0.4, -0.2) is 86.7 Å². The summed E-state index contributed by atoms with van der Waals surface area (Å²) in [6.07, 6.45) is 1.69. The molecule has 138 valence electrons. The molecule has 0 spiro atoms. The summed E-state index contributed by atoms with van der Waals surface area (Å²) in [7, 11) is -3.20. The van der Waals surface area contributed by atoms with Crippen molar-refractivity contribution < 1.29 is 17.9 Å². The van der Waals surface area contributed by atoms with Crippen molar-refractivity contribution in [1.29, 1.82) is 0 Å². The standard InChI is InChI=1S/C16H24N4O4S/c1-2-25(22,23)20-8-6-19(7-9-20)16(21)14-4-3-5-17-15(14)18-10-12-24-13-11-18/h3-5H,2,6-13H2,1H3. The minimum atomic E-state index is -3.20. The number of morpholine rings is 1. The quantitative estimate of drug-likeness (QED) is 0.745. The number of piperazine rings is 1. The highest BCUT2D eigenvalue weighted by molar-refractivity contribution is 7.89. The van der Waals surface area contributed by atoms with E-state index < -0.39 is 10.0 Å². The highest BCUT2D eigenvalue weighted by Gasteiger charge is 2.30. The third-order valence-corrected chi connectivity index (χ3v) is 6.49. The van der Waals surface area contributed by atoms with E-state index >= 15 is 0 Å². The van der Waals surface area contributed by atoms with E-state index in [-0.39, 0.29) is 11.7 Å². The van der Waals surface area contributed by atoms with E-state index in [1.54, 1.807) is 30.2 Å². The van der Waals surface area contributed by atoms with Gasteiger partial charge in [-0.1, -0.05) is 0 Å². The first kappa shape index (κ1) is 18.1. The number of amides is 1. The summed E-state index contributed by atoms with van der Waals surface area (Å²) in [5.41, 5.74) is 0.566. The number of carbonyl (C=O) groups is 1. The highest BCUT2D eigenvalue weighted by atomic mass is 32.2. The van der Waals surface area contributed by atoms with Gasteiger partial charge in [0.1, 0.15) is 5.82 Å². The van der Waals surface area contributed by atoms with Crippen LogP contribution in [0.4, 0.5) is 5.82 Å². The van der Waals surface area contributed by atoms with Crippen molar-refractivity contribution in [2.75, 3.05) is 63.1 Å². The Bertz CT molecular complexity index is 711. The Morgan fingerprint density at radius 1 is 1.16 bits per heavy atom. The lowest BCUT2D eigenvalue weighted by Crippen LogP contribution is -2.51. The molecular weight excluding hydrogens is 344 g/mol. The van der Waals surface area contributed by atoms with Crippen LogP contribution in [-0.2, 0) is 14.8 Å². The number of sulfonamides is 1. The number of rotatable bonds is 4. The minimum absolute atomic E-state index is 0.0880. The van der Waals surface area contributed by atoms with Gasteiger partial charge in [0.15, 0.2) is 0 Å². The van der Waals surface area contributed by atoms with E-state index in [0.29, 0.717) is 63.9 Å². The molecule has 2 fully saturated rings. The van der Waals surface area contributed by atoms with Gasteiger partial charge in [-0.05, 0) is 19.1 Å². The van der Waals surface area contributed by atoms with Crippen LogP contribution in [0, 0.1) is 0 Å². The zero-order valence-corrected chi connectivity index (χ0v) is 15.2. The third-order valence-electron chi connectivity index (χ3n) is 4.61. The molecule has 0 N–H and O–H groups in total. The van der Waals surface area contributed by atoms with E-state index in [9.17, 15) is 13.2 Å². The molecule has 0 bridgehead atoms. The van der Waals surface area contributed by atoms with Crippen LogP contribution in [0.15, 0.2) is 18.3 Å². The molecule has 1 aromatic rings. The first-order valence-electron chi connectivity index (χ1n) is 8.57. The zero-order chi connectivity index (χ0) is 17.9. The van der Waals surface area contributed by atoms with Crippen molar-refractivity contribution in [3.63, 3.8) is 0 Å². The lowest BCUT2D eigenvalue weighted by atomic mass is 10.2. The van der Waals surface area contributed by atoms with Crippen molar-refractivity contribution in [2.24, 2.45) is 0 Å². The number of hydrogen-bond acceptors (Lipinski definition) is 6. The first-order valence-corrected chi connectivity index (χ1v) is 10.2. The van der Waals surface area contributed by atoms with Gasteiger partial charge in [0.2, 0.25) is 10.0 Å². The van der Waals surface area contributed by atoms with Crippen molar-refractivity contribution in [1.82, 2.24) is 14.2 Å². The van der Waals surface area contributed by atoms with Gasteiger partial charge in [-0.2, -0.15) is 4.31 Å². The number of anilines is 1. The van der Waals surface area contributed by atoms with Crippen LogP contribution in [0.5, 0.6) is 0 Å². The summed E-state index contributed by atoms with van der Waals surface area (Å²) in [4.78, 5) is 21.1. The number of ether oxygens (including phenoxy) is 1. The van der Waals surface area contributed by atoms with Crippen LogP contribution in [0.1, 0.15) is 17.3 Å². The first-order chi connectivity index (χ1) is 12.0. The second kappa shape index (κ2) is 7.67. The van der Waals surface area contributed by atoms with Crippen LogP contribution >= 0.6 is 0 Å². The average molecular weight is 368 g/mol. The van der Waals surface area contributed by atoms with Crippen LogP contribution < -0.4 is 4.90 Å². The van der Waals surface area contributed by atoms with Gasteiger partial charge in [-0.15, -0.1) is 0 Å². The van der Waals surface area contributed by atoms with Crippen LogP contribution in [0.25, 0.3) is 0 Å². The van der Waals surface area contributed by atoms with Gasteiger partial charge in [0.05, 0.1) is 24.5 Å².